The zero-order valence-electron chi connectivity index (χ0n) is 7.48. The van der Waals surface area contributed by atoms with Crippen LogP contribution in [0.3, 0.4) is 0 Å². The molecule has 0 radical (unpaired) electrons. The van der Waals surface area contributed by atoms with Crippen LogP contribution in [0, 0.1) is 0 Å². The van der Waals surface area contributed by atoms with Crippen LogP contribution in [0.2, 0.25) is 0 Å². The maximum Gasteiger partial charge on any atom is 0.233 e. The summed E-state index contributed by atoms with van der Waals surface area (Å²) in [6, 6.07) is 0. The van der Waals surface area contributed by atoms with Gasteiger partial charge in [0.15, 0.2) is 4.34 Å². The molecule has 1 aromatic heterocycles. The third kappa shape index (κ3) is 3.31. The normalized spacial score (nSPS) is 12.5. The van der Waals surface area contributed by atoms with Gasteiger partial charge in [0.1, 0.15) is 5.51 Å². The van der Waals surface area contributed by atoms with Crippen LogP contribution < -0.4 is 5.32 Å². The number of rotatable bonds is 4. The minimum Gasteiger partial charge on any atom is -0.355 e. The largest absolute Gasteiger partial charge is 0.355 e. The molecule has 72 valence electrons. The first-order chi connectivity index (χ1) is 6.24. The second kappa shape index (κ2) is 5.18. The van der Waals surface area contributed by atoms with Gasteiger partial charge in [0, 0.05) is 6.54 Å². The van der Waals surface area contributed by atoms with Crippen LogP contribution in [0.4, 0.5) is 0 Å². The van der Waals surface area contributed by atoms with E-state index in [2.05, 4.69) is 15.5 Å². The topological polar surface area (TPSA) is 54.9 Å². The third-order valence-electron chi connectivity index (χ3n) is 1.34. The van der Waals surface area contributed by atoms with Gasteiger partial charge in [0.05, 0.1) is 5.25 Å². The van der Waals surface area contributed by atoms with E-state index in [1.807, 2.05) is 13.8 Å². The quantitative estimate of drug-likeness (QED) is 0.769. The van der Waals surface area contributed by atoms with Crippen LogP contribution in [0.15, 0.2) is 9.85 Å². The molecule has 0 saturated carbocycles. The van der Waals surface area contributed by atoms with E-state index in [9.17, 15) is 4.79 Å². The van der Waals surface area contributed by atoms with Crippen molar-refractivity contribution in [3.63, 3.8) is 0 Å². The van der Waals surface area contributed by atoms with Crippen LogP contribution >= 0.6 is 23.1 Å². The maximum absolute atomic E-state index is 11.3. The molecule has 1 N–H and O–H groups in total. The molecule has 1 aromatic rings. The minimum atomic E-state index is -0.104. The summed E-state index contributed by atoms with van der Waals surface area (Å²) >= 11 is 2.88. The minimum absolute atomic E-state index is 0.0442. The molecule has 0 bridgehead atoms. The number of nitrogens with one attached hydrogen (secondary N) is 1. The zero-order valence-corrected chi connectivity index (χ0v) is 9.11. The Labute approximate surface area is 85.1 Å². The monoisotopic (exact) mass is 217 g/mol. The molecule has 0 unspecified atom stereocenters. The van der Waals surface area contributed by atoms with Crippen molar-refractivity contribution in [3.05, 3.63) is 5.51 Å². The van der Waals surface area contributed by atoms with Gasteiger partial charge >= 0.3 is 0 Å². The fourth-order valence-corrected chi connectivity index (χ4v) is 2.39. The number of carbonyl (C=O) groups excluding carboxylic acids is 1. The molecule has 0 fully saturated rings. The van der Waals surface area contributed by atoms with Crippen molar-refractivity contribution in [3.8, 4) is 0 Å². The predicted molar refractivity (Wildman–Crippen MR) is 53.9 cm³/mol. The molecule has 13 heavy (non-hydrogen) atoms. The van der Waals surface area contributed by atoms with E-state index < -0.39 is 0 Å². The predicted octanol–water partition coefficient (Wildman–Crippen LogP) is 1.15. The summed E-state index contributed by atoms with van der Waals surface area (Å²) in [7, 11) is 0. The van der Waals surface area contributed by atoms with E-state index in [4.69, 9.17) is 0 Å². The average Bonchev–Trinajstić information content (AvgIpc) is 2.57. The first-order valence-electron chi connectivity index (χ1n) is 3.94. The smallest absolute Gasteiger partial charge is 0.233 e. The molecule has 0 aliphatic carbocycles. The van der Waals surface area contributed by atoms with Crippen LogP contribution in [0.25, 0.3) is 0 Å². The number of nitrogens with zero attached hydrogens (tertiary/aromatic N) is 2. The van der Waals surface area contributed by atoms with Crippen molar-refractivity contribution in [2.24, 2.45) is 0 Å². The van der Waals surface area contributed by atoms with Gasteiger partial charge in [-0.2, -0.15) is 0 Å². The number of amides is 1. The Morgan fingerprint density at radius 1 is 1.85 bits per heavy atom. The second-order valence-corrected chi connectivity index (χ2v) is 4.78. The summed E-state index contributed by atoms with van der Waals surface area (Å²) in [6.07, 6.45) is 0. The van der Waals surface area contributed by atoms with Gasteiger partial charge in [-0.15, -0.1) is 10.2 Å². The Bertz CT molecular complexity index is 263. The Morgan fingerprint density at radius 2 is 2.62 bits per heavy atom. The highest BCUT2D eigenvalue weighted by Gasteiger charge is 2.14. The summed E-state index contributed by atoms with van der Waals surface area (Å²) < 4.78 is 0.832. The number of aromatic nitrogens is 2. The molecule has 6 heteroatoms. The standard InChI is InChI=1S/C7H11N3OS2/c1-3-8-6(11)5(2)13-7-10-9-4-12-7/h4-5H,3H2,1-2H3,(H,8,11)/t5-/m1/s1. The highest BCUT2D eigenvalue weighted by atomic mass is 32.2. The van der Waals surface area contributed by atoms with Crippen LogP contribution in [-0.2, 0) is 4.79 Å². The van der Waals surface area contributed by atoms with Gasteiger partial charge in [-0.25, -0.2) is 0 Å². The first-order valence-corrected chi connectivity index (χ1v) is 5.70. The molecule has 1 atom stereocenters. The number of hydrogen-bond donors (Lipinski definition) is 1. The van der Waals surface area contributed by atoms with E-state index >= 15 is 0 Å². The van der Waals surface area contributed by atoms with Gasteiger partial charge in [0.25, 0.3) is 0 Å². The SMILES string of the molecule is CCNC(=O)[C@@H](C)Sc1nncs1. The molecule has 1 rings (SSSR count). The van der Waals surface area contributed by atoms with Gasteiger partial charge < -0.3 is 5.32 Å². The summed E-state index contributed by atoms with van der Waals surface area (Å²) in [6.45, 7) is 4.43. The van der Waals surface area contributed by atoms with Crippen molar-refractivity contribution in [2.45, 2.75) is 23.4 Å². The maximum atomic E-state index is 11.3. The zero-order chi connectivity index (χ0) is 9.68. The lowest BCUT2D eigenvalue weighted by Gasteiger charge is -2.07. The molecule has 4 nitrogen and oxygen atoms in total. The lowest BCUT2D eigenvalue weighted by molar-refractivity contribution is -0.120. The second-order valence-electron chi connectivity index (χ2n) is 2.36. The number of thioether (sulfide) groups is 1. The van der Waals surface area contributed by atoms with E-state index in [1.54, 1.807) is 5.51 Å². The number of hydrogen-bond acceptors (Lipinski definition) is 5. The summed E-state index contributed by atoms with van der Waals surface area (Å²) in [4.78, 5) is 11.3. The highest BCUT2D eigenvalue weighted by Crippen LogP contribution is 2.23. The third-order valence-corrected chi connectivity index (χ3v) is 3.25. The van der Waals surface area contributed by atoms with Gasteiger partial charge in [-0.05, 0) is 13.8 Å². The van der Waals surface area contributed by atoms with E-state index in [-0.39, 0.29) is 11.2 Å². The summed E-state index contributed by atoms with van der Waals surface area (Å²) in [5.74, 6) is 0.0442. The summed E-state index contributed by atoms with van der Waals surface area (Å²) in [5.41, 5.74) is 1.66. The molecule has 1 heterocycles. The Hall–Kier alpha value is -0.620. The van der Waals surface area contributed by atoms with Crippen molar-refractivity contribution in [1.29, 1.82) is 0 Å². The van der Waals surface area contributed by atoms with Crippen LogP contribution in [-0.4, -0.2) is 27.9 Å². The van der Waals surface area contributed by atoms with Crippen LogP contribution in [0.1, 0.15) is 13.8 Å². The Kier molecular flexibility index (Phi) is 4.17. The van der Waals surface area contributed by atoms with Crippen LogP contribution in [0.5, 0.6) is 0 Å². The molecule has 0 aliphatic heterocycles. The molecule has 0 aliphatic rings. The van der Waals surface area contributed by atoms with E-state index in [0.29, 0.717) is 6.54 Å². The lowest BCUT2D eigenvalue weighted by atomic mass is 10.4. The van der Waals surface area contributed by atoms with Crippen molar-refractivity contribution < 1.29 is 4.79 Å². The van der Waals surface area contributed by atoms with Crippen molar-refractivity contribution in [2.75, 3.05) is 6.54 Å². The Balaban J connectivity index is 2.41. The van der Waals surface area contributed by atoms with Crippen molar-refractivity contribution in [1.82, 2.24) is 15.5 Å². The van der Waals surface area contributed by atoms with E-state index in [1.165, 1.54) is 23.1 Å². The Morgan fingerprint density at radius 3 is 3.15 bits per heavy atom. The fourth-order valence-electron chi connectivity index (χ4n) is 0.737. The lowest BCUT2D eigenvalue weighted by Crippen LogP contribution is -2.30. The molecule has 0 spiro atoms. The van der Waals surface area contributed by atoms with E-state index in [0.717, 1.165) is 4.34 Å². The van der Waals surface area contributed by atoms with Gasteiger partial charge in [-0.1, -0.05) is 23.1 Å². The summed E-state index contributed by atoms with van der Waals surface area (Å²) in [5, 5.41) is 10.2. The van der Waals surface area contributed by atoms with Gasteiger partial charge in [0.2, 0.25) is 5.91 Å². The fraction of sp³-hybridized carbons (Fsp3) is 0.571. The molecular formula is C7H11N3OS2. The highest BCUT2D eigenvalue weighted by molar-refractivity contribution is 8.02. The molecular weight excluding hydrogens is 206 g/mol. The first kappa shape index (κ1) is 10.5. The molecule has 0 saturated heterocycles. The van der Waals surface area contributed by atoms with Crippen molar-refractivity contribution >= 4 is 29.0 Å². The average molecular weight is 217 g/mol. The molecule has 1 amide bonds. The molecule has 0 aromatic carbocycles. The number of carbonyl (C=O) groups is 1. The van der Waals surface area contributed by atoms with Gasteiger partial charge in [-0.3, -0.25) is 4.79 Å².